The topological polar surface area (TPSA) is 121 Å². The lowest BCUT2D eigenvalue weighted by Gasteiger charge is -2.32. The zero-order chi connectivity index (χ0) is 47.9. The summed E-state index contributed by atoms with van der Waals surface area (Å²) in [6.07, 6.45) is 8.67. The van der Waals surface area contributed by atoms with Gasteiger partial charge >= 0.3 is 6.18 Å². The quantitative estimate of drug-likeness (QED) is 0.0317. The van der Waals surface area contributed by atoms with Gasteiger partial charge in [-0.1, -0.05) is 57.2 Å². The van der Waals surface area contributed by atoms with Crippen molar-refractivity contribution in [1.82, 2.24) is 14.5 Å². The van der Waals surface area contributed by atoms with Crippen LogP contribution in [0.2, 0.25) is 0 Å². The Balaban J connectivity index is 0.000000456. The van der Waals surface area contributed by atoms with E-state index in [9.17, 15) is 27.2 Å². The predicted molar refractivity (Wildman–Crippen MR) is 254 cm³/mol. The highest BCUT2D eigenvalue weighted by molar-refractivity contribution is 6.15. The van der Waals surface area contributed by atoms with Crippen LogP contribution in [-0.2, 0) is 45.4 Å². The molecular formula is C49H67ClF4N6O4. The van der Waals surface area contributed by atoms with Crippen LogP contribution in [0.3, 0.4) is 0 Å². The van der Waals surface area contributed by atoms with Gasteiger partial charge in [0.25, 0.3) is 0 Å². The summed E-state index contributed by atoms with van der Waals surface area (Å²) in [4.78, 5) is 33.5. The lowest BCUT2D eigenvalue weighted by atomic mass is 9.92. The number of aldehydes is 1. The Labute approximate surface area is 381 Å². The van der Waals surface area contributed by atoms with Crippen LogP contribution >= 0.6 is 11.6 Å². The minimum atomic E-state index is -4.58. The number of halogens is 5. The molecule has 15 heteroatoms. The van der Waals surface area contributed by atoms with Crippen molar-refractivity contribution in [2.24, 2.45) is 10.9 Å². The van der Waals surface area contributed by atoms with E-state index in [0.717, 1.165) is 82.3 Å². The Morgan fingerprint density at radius 1 is 1.09 bits per heavy atom. The van der Waals surface area contributed by atoms with E-state index in [0.29, 0.717) is 43.4 Å². The lowest BCUT2D eigenvalue weighted by Crippen LogP contribution is -2.34. The van der Waals surface area contributed by atoms with Gasteiger partial charge in [0.2, 0.25) is 6.41 Å². The summed E-state index contributed by atoms with van der Waals surface area (Å²) in [7, 11) is 2.38. The number of nitrogens with zero attached hydrogens (tertiary/aromatic N) is 4. The van der Waals surface area contributed by atoms with Crippen molar-refractivity contribution >= 4 is 53.4 Å². The van der Waals surface area contributed by atoms with Gasteiger partial charge in [-0.05, 0) is 125 Å². The lowest BCUT2D eigenvalue weighted by molar-refractivity contribution is -0.137. The Morgan fingerprint density at radius 3 is 2.33 bits per heavy atom. The van der Waals surface area contributed by atoms with Gasteiger partial charge in [-0.2, -0.15) is 13.2 Å². The van der Waals surface area contributed by atoms with Crippen LogP contribution in [-0.4, -0.2) is 85.3 Å². The molecule has 2 fully saturated rings. The number of imidazole rings is 1. The Kier molecular flexibility index (Phi) is 24.3. The third-order valence-corrected chi connectivity index (χ3v) is 10.8. The van der Waals surface area contributed by atoms with Gasteiger partial charge in [0, 0.05) is 44.4 Å². The zero-order valence-corrected chi connectivity index (χ0v) is 39.3. The van der Waals surface area contributed by atoms with Crippen LogP contribution < -0.4 is 10.6 Å². The highest BCUT2D eigenvalue weighted by atomic mass is 35.5. The molecule has 1 unspecified atom stereocenters. The van der Waals surface area contributed by atoms with Crippen molar-refractivity contribution < 1.29 is 37.0 Å². The number of aromatic nitrogens is 2. The SMILES string of the molecule is C=N/C(=C\C=C/Cc1ccccc1F)C1CCN(Cc2nc3cc(C)ccc3n2CC(C)OCCC)CC1.CC.CCl.CNc1c(C(F)(F)F)cc(NC=O)cc1C1(C=O)CC1.CO. The van der Waals surface area contributed by atoms with E-state index in [2.05, 4.69) is 82.4 Å². The van der Waals surface area contributed by atoms with Crippen LogP contribution in [0.4, 0.5) is 28.9 Å². The van der Waals surface area contributed by atoms with Crippen molar-refractivity contribution in [3.05, 3.63) is 112 Å². The fourth-order valence-electron chi connectivity index (χ4n) is 7.44. The van der Waals surface area contributed by atoms with Crippen LogP contribution in [0.25, 0.3) is 11.0 Å². The molecule has 1 saturated carbocycles. The van der Waals surface area contributed by atoms with Crippen molar-refractivity contribution in [2.45, 2.75) is 104 Å². The molecule has 1 aliphatic heterocycles. The number of fused-ring (bicyclic) bond motifs is 1. The van der Waals surface area contributed by atoms with Gasteiger partial charge in [-0.15, -0.1) is 11.6 Å². The molecule has 352 valence electrons. The van der Waals surface area contributed by atoms with Crippen LogP contribution in [0, 0.1) is 18.7 Å². The molecule has 1 aliphatic carbocycles. The first-order valence-electron chi connectivity index (χ1n) is 21.6. The number of aliphatic hydroxyl groups is 1. The molecule has 1 atom stereocenters. The summed E-state index contributed by atoms with van der Waals surface area (Å²) < 4.78 is 61.5. The summed E-state index contributed by atoms with van der Waals surface area (Å²) in [5.74, 6) is 1.32. The average molecular weight is 916 g/mol. The van der Waals surface area contributed by atoms with E-state index in [4.69, 9.17) is 14.8 Å². The maximum Gasteiger partial charge on any atom is 0.418 e. The van der Waals surface area contributed by atoms with E-state index < -0.39 is 17.2 Å². The molecule has 3 aromatic carbocycles. The zero-order valence-electron chi connectivity index (χ0n) is 38.6. The van der Waals surface area contributed by atoms with Crippen molar-refractivity contribution in [1.29, 1.82) is 0 Å². The largest absolute Gasteiger partial charge is 0.418 e. The highest BCUT2D eigenvalue weighted by Gasteiger charge is 2.48. The van der Waals surface area contributed by atoms with Gasteiger partial charge in [0.15, 0.2) is 0 Å². The van der Waals surface area contributed by atoms with Gasteiger partial charge < -0.3 is 29.8 Å². The standard InChI is InChI=1S/C32H41FN4O.C13H13F3N2O2.C2H6.CH3Cl.CH4O/c1-5-20-38-25(3)22-37-31-15-14-24(2)21-30(31)35-32(37)23-36-18-16-27(17-19-36)29(34-4)13-9-7-11-26-10-6-8-12-28(26)33;1-17-11-9(12(6-19)2-3-12)4-8(18-7-20)5-10(11)13(14,15)16;3*1-2/h6-10,12-15,21,25,27H,4-5,11,16-20,22-23H2,1-3H3;4-7,17H,2-3H2,1H3,(H,18,20);1-2H3;1H3;2H,1H3/b9-7-,29-13-;;;;. The summed E-state index contributed by atoms with van der Waals surface area (Å²) in [5.41, 5.74) is 3.58. The second kappa shape index (κ2) is 28.1. The molecule has 2 heterocycles. The van der Waals surface area contributed by atoms with E-state index >= 15 is 0 Å². The first-order chi connectivity index (χ1) is 30.9. The van der Waals surface area contributed by atoms with E-state index in [1.165, 1.54) is 36.6 Å². The van der Waals surface area contributed by atoms with Gasteiger partial charge in [-0.3, -0.25) is 14.7 Å². The molecular weight excluding hydrogens is 848 g/mol. The number of alkyl halides is 4. The monoisotopic (exact) mass is 914 g/mol. The molecule has 1 saturated heterocycles. The van der Waals surface area contributed by atoms with Crippen LogP contribution in [0.15, 0.2) is 83.5 Å². The number of aliphatic hydroxyl groups excluding tert-OH is 1. The highest BCUT2D eigenvalue weighted by Crippen LogP contribution is 2.52. The number of aliphatic imine (C=N–C) groups is 1. The molecule has 1 amide bonds. The number of piperidine rings is 1. The molecule has 0 spiro atoms. The third-order valence-electron chi connectivity index (χ3n) is 10.8. The van der Waals surface area contributed by atoms with Crippen molar-refractivity contribution in [2.75, 3.05) is 50.9 Å². The molecule has 64 heavy (non-hydrogen) atoms. The van der Waals surface area contributed by atoms with Crippen LogP contribution in [0.5, 0.6) is 0 Å². The first kappa shape index (κ1) is 55.2. The first-order valence-corrected chi connectivity index (χ1v) is 22.4. The molecule has 4 aromatic rings. The number of rotatable bonds is 17. The van der Waals surface area contributed by atoms with Crippen molar-refractivity contribution in [3.63, 3.8) is 0 Å². The minimum absolute atomic E-state index is 0.0226. The number of ether oxygens (including phenoxy) is 1. The van der Waals surface area contributed by atoms with Gasteiger partial charge in [0.05, 0.1) is 46.9 Å². The van der Waals surface area contributed by atoms with Crippen molar-refractivity contribution in [3.8, 4) is 0 Å². The summed E-state index contributed by atoms with van der Waals surface area (Å²) in [5, 5.41) is 11.7. The number of hydrogen-bond donors (Lipinski definition) is 3. The fraction of sp³-hybridized carbons (Fsp3) is 0.469. The number of allylic oxidation sites excluding steroid dienone is 4. The summed E-state index contributed by atoms with van der Waals surface area (Å²) >= 11 is 4.64. The number of likely N-dealkylation sites (tertiary alicyclic amines) is 1. The summed E-state index contributed by atoms with van der Waals surface area (Å²) in [6.45, 7) is 18.6. The van der Waals surface area contributed by atoms with E-state index in [1.807, 2.05) is 44.2 Å². The maximum atomic E-state index is 13.8. The normalized spacial score (nSPS) is 15.2. The minimum Gasteiger partial charge on any atom is -0.400 e. The molecule has 0 bridgehead atoms. The molecule has 3 N–H and O–H groups in total. The smallest absolute Gasteiger partial charge is 0.400 e. The molecule has 6 rings (SSSR count). The average Bonchev–Trinajstić information content (AvgIpc) is 4.05. The molecule has 0 radical (unpaired) electrons. The maximum absolute atomic E-state index is 13.8. The van der Waals surface area contributed by atoms with E-state index in [-0.39, 0.29) is 28.9 Å². The summed E-state index contributed by atoms with van der Waals surface area (Å²) in [6, 6.07) is 15.7. The molecule has 10 nitrogen and oxygen atoms in total. The Hall–Kier alpha value is -4.89. The second-order valence-corrected chi connectivity index (χ2v) is 15.1. The molecule has 2 aliphatic rings. The fourth-order valence-corrected chi connectivity index (χ4v) is 7.44. The Morgan fingerprint density at radius 2 is 1.77 bits per heavy atom. The number of hydrogen-bond acceptors (Lipinski definition) is 8. The van der Waals surface area contributed by atoms with Crippen LogP contribution in [0.1, 0.15) is 87.9 Å². The number of amides is 1. The number of aryl methyl sites for hydroxylation is 1. The molecule has 1 aromatic heterocycles. The number of anilines is 2. The number of benzene rings is 3. The Bertz CT molecular complexity index is 2110. The predicted octanol–water partition coefficient (Wildman–Crippen LogP) is 10.9. The number of carbonyl (C=O) groups is 2. The van der Waals surface area contributed by atoms with E-state index in [1.54, 1.807) is 6.07 Å². The number of carbonyl (C=O) groups excluding carboxylic acids is 2. The third kappa shape index (κ3) is 15.7. The van der Waals surface area contributed by atoms with Gasteiger partial charge in [0.1, 0.15) is 17.9 Å². The van der Waals surface area contributed by atoms with Gasteiger partial charge in [-0.25, -0.2) is 9.37 Å². The number of nitrogens with one attached hydrogen (secondary N) is 2. The second-order valence-electron chi connectivity index (χ2n) is 15.1.